The number of rotatable bonds is 5. The van der Waals surface area contributed by atoms with Crippen molar-refractivity contribution in [3.05, 3.63) is 21.9 Å². The molecule has 2 aliphatic rings. The molecule has 0 aromatic carbocycles. The highest BCUT2D eigenvalue weighted by atomic mass is 32.2. The molecule has 1 aromatic heterocycles. The molecular weight excluding hydrogens is 300 g/mol. The normalized spacial score (nSPS) is 24.4. The summed E-state index contributed by atoms with van der Waals surface area (Å²) in [5, 5.41) is 3.70. The molecule has 1 amide bonds. The van der Waals surface area contributed by atoms with Crippen LogP contribution >= 0.6 is 23.1 Å². The molecule has 1 aliphatic heterocycles. The van der Waals surface area contributed by atoms with E-state index in [2.05, 4.69) is 35.5 Å². The quantitative estimate of drug-likeness (QED) is 0.841. The second-order valence-corrected chi connectivity index (χ2v) is 8.43. The smallest absolute Gasteiger partial charge is 0.244 e. The molecule has 0 radical (unpaired) electrons. The minimum Gasteiger partial charge on any atom is -0.320 e. The monoisotopic (exact) mass is 324 g/mol. The first-order chi connectivity index (χ1) is 10.2. The van der Waals surface area contributed by atoms with Crippen molar-refractivity contribution in [3.63, 3.8) is 0 Å². The van der Waals surface area contributed by atoms with Crippen LogP contribution in [0.2, 0.25) is 0 Å². The van der Waals surface area contributed by atoms with Crippen LogP contribution in [0.1, 0.15) is 48.0 Å². The average Bonchev–Trinajstić information content (AvgIpc) is 3.16. The van der Waals surface area contributed by atoms with Gasteiger partial charge >= 0.3 is 0 Å². The molecule has 116 valence electrons. The summed E-state index contributed by atoms with van der Waals surface area (Å²) in [6, 6.07) is 4.34. The number of hydrogen-bond acceptors (Lipinski definition) is 4. The Morgan fingerprint density at radius 2 is 2.19 bits per heavy atom. The Hall–Kier alpha value is -0.520. The molecule has 2 fully saturated rings. The lowest BCUT2D eigenvalue weighted by molar-refractivity contribution is -0.133. The highest BCUT2D eigenvalue weighted by molar-refractivity contribution is 7.98. The van der Waals surface area contributed by atoms with Crippen molar-refractivity contribution >= 4 is 29.0 Å². The molecule has 1 aromatic rings. The zero-order chi connectivity index (χ0) is 14.9. The van der Waals surface area contributed by atoms with E-state index in [-0.39, 0.29) is 11.7 Å². The molecule has 2 heterocycles. The maximum absolute atomic E-state index is 13.0. The molecule has 3 rings (SSSR count). The Bertz CT molecular complexity index is 508. The van der Waals surface area contributed by atoms with Crippen molar-refractivity contribution in [1.29, 1.82) is 0 Å². The first-order valence-electron chi connectivity index (χ1n) is 7.80. The maximum Gasteiger partial charge on any atom is 0.244 e. The van der Waals surface area contributed by atoms with Gasteiger partial charge in [0, 0.05) is 16.3 Å². The lowest BCUT2D eigenvalue weighted by atomic mass is 9.98. The van der Waals surface area contributed by atoms with Gasteiger partial charge in [0.2, 0.25) is 5.91 Å². The minimum absolute atomic E-state index is 0.0937. The van der Waals surface area contributed by atoms with Crippen LogP contribution in [0.25, 0.3) is 0 Å². The third-order valence-corrected chi connectivity index (χ3v) is 6.38. The number of nitrogens with one attached hydrogen (secondary N) is 1. The third kappa shape index (κ3) is 2.88. The zero-order valence-electron chi connectivity index (χ0n) is 12.9. The van der Waals surface area contributed by atoms with Crippen LogP contribution in [0.5, 0.6) is 0 Å². The number of thiophene rings is 1. The van der Waals surface area contributed by atoms with E-state index in [1.807, 2.05) is 23.1 Å². The van der Waals surface area contributed by atoms with Gasteiger partial charge in [-0.3, -0.25) is 10.1 Å². The summed E-state index contributed by atoms with van der Waals surface area (Å²) < 4.78 is 0. The summed E-state index contributed by atoms with van der Waals surface area (Å²) in [6.07, 6.45) is 7.66. The number of thioether (sulfide) groups is 1. The van der Waals surface area contributed by atoms with Gasteiger partial charge in [-0.05, 0) is 50.3 Å². The van der Waals surface area contributed by atoms with Crippen molar-refractivity contribution in [3.8, 4) is 0 Å². The summed E-state index contributed by atoms with van der Waals surface area (Å²) in [6.45, 7) is 3.00. The summed E-state index contributed by atoms with van der Waals surface area (Å²) in [5.41, 5.74) is -0.262. The Morgan fingerprint density at radius 3 is 2.81 bits per heavy atom. The molecule has 1 saturated carbocycles. The second-order valence-electron chi connectivity index (χ2n) is 6.13. The molecule has 1 spiro atoms. The van der Waals surface area contributed by atoms with Crippen LogP contribution in [0.3, 0.4) is 0 Å². The van der Waals surface area contributed by atoms with Crippen LogP contribution in [-0.4, -0.2) is 34.9 Å². The molecular formula is C16H24N2OS2. The number of carbonyl (C=O) groups is 1. The fraction of sp³-hybridized carbons (Fsp3) is 0.688. The van der Waals surface area contributed by atoms with E-state index in [0.717, 1.165) is 31.6 Å². The van der Waals surface area contributed by atoms with Gasteiger partial charge in [0.05, 0.1) is 5.54 Å². The molecule has 1 N–H and O–H groups in total. The second kappa shape index (κ2) is 6.31. The van der Waals surface area contributed by atoms with Crippen molar-refractivity contribution in [2.75, 3.05) is 18.6 Å². The van der Waals surface area contributed by atoms with Gasteiger partial charge in [0.25, 0.3) is 0 Å². The van der Waals surface area contributed by atoms with Crippen molar-refractivity contribution in [2.24, 2.45) is 0 Å². The Morgan fingerprint density at radius 1 is 1.43 bits per heavy atom. The third-order valence-electron chi connectivity index (χ3n) is 4.63. The van der Waals surface area contributed by atoms with E-state index in [0.29, 0.717) is 5.91 Å². The number of amides is 1. The molecule has 21 heavy (non-hydrogen) atoms. The fourth-order valence-electron chi connectivity index (χ4n) is 3.57. The Kier molecular flexibility index (Phi) is 4.62. The lowest BCUT2D eigenvalue weighted by Crippen LogP contribution is -2.44. The molecule has 0 bridgehead atoms. The van der Waals surface area contributed by atoms with Crippen molar-refractivity contribution in [1.82, 2.24) is 10.2 Å². The topological polar surface area (TPSA) is 32.3 Å². The van der Waals surface area contributed by atoms with Gasteiger partial charge in [-0.15, -0.1) is 11.3 Å². The molecule has 1 aliphatic carbocycles. The Labute approximate surface area is 135 Å². The molecule has 3 nitrogen and oxygen atoms in total. The van der Waals surface area contributed by atoms with E-state index in [1.165, 1.54) is 22.6 Å². The number of nitrogens with zero attached hydrogens (tertiary/aromatic N) is 1. The summed E-state index contributed by atoms with van der Waals surface area (Å²) >= 11 is 3.67. The highest BCUT2D eigenvalue weighted by Crippen LogP contribution is 2.42. The number of carbonyl (C=O) groups excluding carboxylic acids is 1. The zero-order valence-corrected chi connectivity index (χ0v) is 14.5. The van der Waals surface area contributed by atoms with E-state index >= 15 is 0 Å². The first-order valence-corrected chi connectivity index (χ1v) is 10.0. The SMILES string of the molecule is CSCCCN1C(=O)C2(CCCC2)NC1c1ccc(C)s1. The number of aryl methyl sites for hydroxylation is 1. The van der Waals surface area contributed by atoms with Crippen molar-refractivity contribution in [2.45, 2.75) is 50.7 Å². The summed E-state index contributed by atoms with van der Waals surface area (Å²) in [4.78, 5) is 17.7. The lowest BCUT2D eigenvalue weighted by Gasteiger charge is -2.23. The van der Waals surface area contributed by atoms with Crippen LogP contribution in [0.15, 0.2) is 12.1 Å². The van der Waals surface area contributed by atoms with Gasteiger partial charge in [-0.25, -0.2) is 0 Å². The summed E-state index contributed by atoms with van der Waals surface area (Å²) in [7, 11) is 0. The van der Waals surface area contributed by atoms with Crippen LogP contribution < -0.4 is 5.32 Å². The predicted molar refractivity (Wildman–Crippen MR) is 90.8 cm³/mol. The number of hydrogen-bond donors (Lipinski definition) is 1. The van der Waals surface area contributed by atoms with Gasteiger partial charge in [0.15, 0.2) is 0 Å². The van der Waals surface area contributed by atoms with Gasteiger partial charge < -0.3 is 4.90 Å². The molecule has 1 unspecified atom stereocenters. The first kappa shape index (κ1) is 15.4. The largest absolute Gasteiger partial charge is 0.320 e. The van der Waals surface area contributed by atoms with E-state index in [4.69, 9.17) is 0 Å². The molecule has 1 saturated heterocycles. The molecule has 1 atom stereocenters. The summed E-state index contributed by atoms with van der Waals surface area (Å²) in [5.74, 6) is 1.46. The van der Waals surface area contributed by atoms with Crippen LogP contribution in [0.4, 0.5) is 0 Å². The molecule has 5 heteroatoms. The van der Waals surface area contributed by atoms with Crippen LogP contribution in [-0.2, 0) is 4.79 Å². The highest BCUT2D eigenvalue weighted by Gasteiger charge is 2.52. The Balaban J connectivity index is 1.82. The predicted octanol–water partition coefficient (Wildman–Crippen LogP) is 3.55. The minimum atomic E-state index is -0.262. The van der Waals surface area contributed by atoms with Gasteiger partial charge in [0.1, 0.15) is 6.17 Å². The maximum atomic E-state index is 13.0. The van der Waals surface area contributed by atoms with E-state index in [9.17, 15) is 4.79 Å². The fourth-order valence-corrected chi connectivity index (χ4v) is 4.92. The van der Waals surface area contributed by atoms with E-state index < -0.39 is 0 Å². The van der Waals surface area contributed by atoms with E-state index in [1.54, 1.807) is 0 Å². The van der Waals surface area contributed by atoms with Gasteiger partial charge in [-0.2, -0.15) is 11.8 Å². The van der Waals surface area contributed by atoms with Crippen LogP contribution in [0, 0.1) is 6.92 Å². The standard InChI is InChI=1S/C16H24N2OS2/c1-12-6-7-13(21-12)14-17-16(8-3-4-9-16)15(19)18(14)10-5-11-20-2/h6-7,14,17H,3-5,8-11H2,1-2H3. The average molecular weight is 325 g/mol. The van der Waals surface area contributed by atoms with Crippen molar-refractivity contribution < 1.29 is 4.79 Å². The van der Waals surface area contributed by atoms with Gasteiger partial charge in [-0.1, -0.05) is 12.8 Å².